The van der Waals surface area contributed by atoms with Crippen molar-refractivity contribution in [3.05, 3.63) is 15.8 Å². The minimum absolute atomic E-state index is 0.0380. The minimum atomic E-state index is -0.582. The van der Waals surface area contributed by atoms with Gasteiger partial charge in [-0.3, -0.25) is 0 Å². The lowest BCUT2D eigenvalue weighted by Crippen LogP contribution is -2.02. The van der Waals surface area contributed by atoms with Crippen molar-refractivity contribution in [1.82, 2.24) is 15.0 Å². The SMILES string of the molecule is CCn1nc(CN)c([N+](=O)[O-])n1. The average molecular weight is 171 g/mol. The van der Waals surface area contributed by atoms with E-state index in [0.29, 0.717) is 6.54 Å². The second-order valence-corrected chi connectivity index (χ2v) is 2.12. The third-order valence-corrected chi connectivity index (χ3v) is 1.35. The molecule has 0 saturated carbocycles. The van der Waals surface area contributed by atoms with Gasteiger partial charge in [0.2, 0.25) is 0 Å². The molecule has 0 aromatic carbocycles. The maximum Gasteiger partial charge on any atom is 0.414 e. The number of nitro groups is 1. The molecule has 0 aliphatic heterocycles. The summed E-state index contributed by atoms with van der Waals surface area (Å²) in [5, 5.41) is 17.8. The van der Waals surface area contributed by atoms with Crippen molar-refractivity contribution in [1.29, 1.82) is 0 Å². The molecule has 7 nitrogen and oxygen atoms in total. The molecular formula is C5H9N5O2. The van der Waals surface area contributed by atoms with E-state index in [2.05, 4.69) is 10.2 Å². The van der Waals surface area contributed by atoms with Crippen LogP contribution in [0.3, 0.4) is 0 Å². The first-order valence-corrected chi connectivity index (χ1v) is 3.47. The Labute approximate surface area is 68.3 Å². The monoisotopic (exact) mass is 171 g/mol. The molecule has 1 heterocycles. The molecule has 12 heavy (non-hydrogen) atoms. The molecule has 0 saturated heterocycles. The van der Waals surface area contributed by atoms with Crippen molar-refractivity contribution >= 4 is 5.82 Å². The summed E-state index contributed by atoms with van der Waals surface area (Å²) in [6.45, 7) is 2.33. The number of nitrogens with zero attached hydrogens (tertiary/aromatic N) is 4. The molecule has 0 aliphatic rings. The fourth-order valence-electron chi connectivity index (χ4n) is 0.789. The first-order chi connectivity index (χ1) is 5.69. The van der Waals surface area contributed by atoms with Gasteiger partial charge in [-0.15, -0.1) is 5.10 Å². The quantitative estimate of drug-likeness (QED) is 0.495. The second kappa shape index (κ2) is 3.26. The number of hydrogen-bond donors (Lipinski definition) is 1. The Morgan fingerprint density at radius 2 is 2.33 bits per heavy atom. The molecule has 2 N–H and O–H groups in total. The van der Waals surface area contributed by atoms with Crippen LogP contribution in [-0.2, 0) is 13.1 Å². The van der Waals surface area contributed by atoms with Gasteiger partial charge in [0, 0.05) is 6.54 Å². The van der Waals surface area contributed by atoms with Crippen molar-refractivity contribution in [2.24, 2.45) is 5.73 Å². The lowest BCUT2D eigenvalue weighted by Gasteiger charge is -1.87. The Bertz CT molecular complexity index is 294. The molecule has 1 aromatic heterocycles. The number of aromatic nitrogens is 3. The molecule has 0 aliphatic carbocycles. The predicted molar refractivity (Wildman–Crippen MR) is 40.2 cm³/mol. The minimum Gasteiger partial charge on any atom is -0.358 e. The highest BCUT2D eigenvalue weighted by molar-refractivity contribution is 5.22. The van der Waals surface area contributed by atoms with E-state index in [0.717, 1.165) is 0 Å². The van der Waals surface area contributed by atoms with E-state index in [1.807, 2.05) is 0 Å². The van der Waals surface area contributed by atoms with Crippen molar-refractivity contribution in [3.63, 3.8) is 0 Å². The summed E-state index contributed by atoms with van der Waals surface area (Å²) in [7, 11) is 0. The van der Waals surface area contributed by atoms with E-state index in [4.69, 9.17) is 5.73 Å². The summed E-state index contributed by atoms with van der Waals surface area (Å²) in [6, 6.07) is 0. The van der Waals surface area contributed by atoms with E-state index < -0.39 is 4.92 Å². The number of nitrogens with two attached hydrogens (primary N) is 1. The molecule has 1 rings (SSSR count). The van der Waals surface area contributed by atoms with Crippen LogP contribution >= 0.6 is 0 Å². The van der Waals surface area contributed by atoms with Gasteiger partial charge in [0.1, 0.15) is 0 Å². The van der Waals surface area contributed by atoms with E-state index in [9.17, 15) is 10.1 Å². The first kappa shape index (κ1) is 8.60. The molecular weight excluding hydrogens is 162 g/mol. The molecule has 0 amide bonds. The smallest absolute Gasteiger partial charge is 0.358 e. The Hall–Kier alpha value is -1.50. The molecule has 7 heteroatoms. The zero-order chi connectivity index (χ0) is 9.14. The van der Waals surface area contributed by atoms with Crippen LogP contribution in [0.4, 0.5) is 5.82 Å². The predicted octanol–water partition coefficient (Wildman–Crippen LogP) is -0.335. The maximum absolute atomic E-state index is 10.3. The summed E-state index contributed by atoms with van der Waals surface area (Å²) < 4.78 is 0. The van der Waals surface area contributed by atoms with Crippen LogP contribution < -0.4 is 5.73 Å². The Kier molecular flexibility index (Phi) is 2.34. The Balaban J connectivity index is 3.08. The zero-order valence-corrected chi connectivity index (χ0v) is 6.60. The van der Waals surface area contributed by atoms with E-state index in [1.165, 1.54) is 4.80 Å². The topological polar surface area (TPSA) is 99.9 Å². The highest BCUT2D eigenvalue weighted by atomic mass is 16.6. The molecule has 1 aromatic rings. The molecule has 0 bridgehead atoms. The van der Waals surface area contributed by atoms with Crippen LogP contribution in [0.15, 0.2) is 0 Å². The fraction of sp³-hybridized carbons (Fsp3) is 0.600. The standard InChI is InChI=1S/C5H9N5O2/c1-2-9-7-4(3-6)5(8-9)10(11)12/h2-3,6H2,1H3. The summed E-state index contributed by atoms with van der Waals surface area (Å²) in [4.78, 5) is 11.0. The third kappa shape index (κ3) is 1.40. The summed E-state index contributed by atoms with van der Waals surface area (Å²) in [5.41, 5.74) is 5.46. The average Bonchev–Trinajstić information content (AvgIpc) is 2.47. The van der Waals surface area contributed by atoms with E-state index in [-0.39, 0.29) is 18.1 Å². The lowest BCUT2D eigenvalue weighted by molar-refractivity contribution is -0.390. The summed E-state index contributed by atoms with van der Waals surface area (Å²) in [6.07, 6.45) is 0. The fourth-order valence-corrected chi connectivity index (χ4v) is 0.789. The number of rotatable bonds is 3. The van der Waals surface area contributed by atoms with Crippen molar-refractivity contribution in [2.75, 3.05) is 0 Å². The van der Waals surface area contributed by atoms with Crippen molar-refractivity contribution in [2.45, 2.75) is 20.0 Å². The van der Waals surface area contributed by atoms with Gasteiger partial charge in [-0.25, -0.2) is 0 Å². The molecule has 0 fully saturated rings. The summed E-state index contributed by atoms with van der Waals surface area (Å²) in [5.74, 6) is -0.251. The van der Waals surface area contributed by atoms with Gasteiger partial charge in [0.05, 0.1) is 11.6 Å². The van der Waals surface area contributed by atoms with Gasteiger partial charge in [-0.05, 0) is 11.8 Å². The van der Waals surface area contributed by atoms with Gasteiger partial charge < -0.3 is 15.8 Å². The van der Waals surface area contributed by atoms with E-state index >= 15 is 0 Å². The molecule has 0 spiro atoms. The van der Waals surface area contributed by atoms with Crippen LogP contribution in [0.5, 0.6) is 0 Å². The Morgan fingerprint density at radius 1 is 1.67 bits per heavy atom. The van der Waals surface area contributed by atoms with Crippen LogP contribution in [0.1, 0.15) is 12.6 Å². The van der Waals surface area contributed by atoms with Crippen molar-refractivity contribution in [3.8, 4) is 0 Å². The van der Waals surface area contributed by atoms with Crippen LogP contribution in [0, 0.1) is 10.1 Å². The van der Waals surface area contributed by atoms with Crippen LogP contribution in [0.2, 0.25) is 0 Å². The first-order valence-electron chi connectivity index (χ1n) is 3.47. The molecule has 66 valence electrons. The van der Waals surface area contributed by atoms with Crippen molar-refractivity contribution < 1.29 is 4.92 Å². The molecule has 0 unspecified atom stereocenters. The van der Waals surface area contributed by atoms with Gasteiger partial charge in [0.25, 0.3) is 0 Å². The Morgan fingerprint density at radius 3 is 2.67 bits per heavy atom. The maximum atomic E-state index is 10.3. The van der Waals surface area contributed by atoms with Gasteiger partial charge in [-0.2, -0.15) is 0 Å². The lowest BCUT2D eigenvalue weighted by atomic mass is 10.4. The second-order valence-electron chi connectivity index (χ2n) is 2.12. The summed E-state index contributed by atoms with van der Waals surface area (Å²) >= 11 is 0. The molecule has 0 radical (unpaired) electrons. The highest BCUT2D eigenvalue weighted by Crippen LogP contribution is 2.10. The molecule has 0 atom stereocenters. The van der Waals surface area contributed by atoms with Crippen LogP contribution in [0.25, 0.3) is 0 Å². The normalized spacial score (nSPS) is 10.2. The van der Waals surface area contributed by atoms with E-state index in [1.54, 1.807) is 6.92 Å². The largest absolute Gasteiger partial charge is 0.414 e. The zero-order valence-electron chi connectivity index (χ0n) is 6.60. The third-order valence-electron chi connectivity index (χ3n) is 1.35. The number of hydrogen-bond acceptors (Lipinski definition) is 5. The van der Waals surface area contributed by atoms with Crippen LogP contribution in [-0.4, -0.2) is 19.9 Å². The number of aryl methyl sites for hydroxylation is 1. The van der Waals surface area contributed by atoms with Gasteiger partial charge in [0.15, 0.2) is 5.69 Å². The van der Waals surface area contributed by atoms with Gasteiger partial charge >= 0.3 is 5.82 Å². The highest BCUT2D eigenvalue weighted by Gasteiger charge is 2.20. The van der Waals surface area contributed by atoms with Gasteiger partial charge in [-0.1, -0.05) is 4.80 Å².